The first kappa shape index (κ1) is 19.4. The van der Waals surface area contributed by atoms with E-state index in [1.54, 1.807) is 16.7 Å². The molecule has 0 saturated heterocycles. The van der Waals surface area contributed by atoms with Gasteiger partial charge in [0.25, 0.3) is 0 Å². The van der Waals surface area contributed by atoms with Crippen LogP contribution in [0.25, 0.3) is 16.7 Å². The molecular formula is C18H21ClN6OS. The van der Waals surface area contributed by atoms with Crippen molar-refractivity contribution in [1.82, 2.24) is 25.1 Å². The third-order valence-corrected chi connectivity index (χ3v) is 5.37. The van der Waals surface area contributed by atoms with Gasteiger partial charge in [-0.15, -0.1) is 0 Å². The Bertz CT molecular complexity index is 1040. The topological polar surface area (TPSA) is 99.5 Å². The molecule has 1 aromatic carbocycles. The largest absolute Gasteiger partial charge is 0.353 e. The van der Waals surface area contributed by atoms with E-state index >= 15 is 0 Å². The fraction of sp³-hybridized carbons (Fsp3) is 0.333. The number of H-pyrrole nitrogens is 1. The summed E-state index contributed by atoms with van der Waals surface area (Å²) in [5, 5.41) is 20.4. The van der Waals surface area contributed by atoms with Crippen LogP contribution < -0.4 is 10.8 Å². The van der Waals surface area contributed by atoms with E-state index in [0.29, 0.717) is 26.9 Å². The quantitative estimate of drug-likeness (QED) is 0.434. The third-order valence-electron chi connectivity index (χ3n) is 4.20. The van der Waals surface area contributed by atoms with E-state index in [-0.39, 0.29) is 23.2 Å². The fourth-order valence-corrected chi connectivity index (χ4v) is 3.63. The number of rotatable bonds is 6. The maximum atomic E-state index is 12.2. The Kier molecular flexibility index (Phi) is 5.86. The zero-order valence-corrected chi connectivity index (χ0v) is 16.9. The van der Waals surface area contributed by atoms with Gasteiger partial charge in [-0.2, -0.15) is 5.10 Å². The molecule has 3 aromatic rings. The van der Waals surface area contributed by atoms with E-state index in [1.165, 1.54) is 11.8 Å². The van der Waals surface area contributed by atoms with Gasteiger partial charge >= 0.3 is 0 Å². The van der Waals surface area contributed by atoms with Crippen LogP contribution in [0.5, 0.6) is 0 Å². The highest BCUT2D eigenvalue weighted by atomic mass is 35.5. The third kappa shape index (κ3) is 4.17. The molecule has 0 spiro atoms. The number of fused-ring (bicyclic) bond motifs is 1. The molecule has 2 heterocycles. The summed E-state index contributed by atoms with van der Waals surface area (Å²) in [5.74, 6) is 0.130. The molecule has 9 heteroatoms. The number of thioether (sulfide) groups is 1. The Balaban J connectivity index is 2.04. The molecule has 0 aliphatic heterocycles. The number of nitrogens with one attached hydrogen (secondary N) is 3. The summed E-state index contributed by atoms with van der Waals surface area (Å²) in [5.41, 5.74) is 2.19. The summed E-state index contributed by atoms with van der Waals surface area (Å²) < 4.78 is 1.69. The minimum atomic E-state index is -0.0707. The number of aromatic amines is 1. The van der Waals surface area contributed by atoms with Gasteiger partial charge in [0.2, 0.25) is 5.91 Å². The summed E-state index contributed by atoms with van der Waals surface area (Å²) in [6.07, 6.45) is 0.868. The number of carbonyl (C=O) groups is 1. The zero-order valence-electron chi connectivity index (χ0n) is 15.3. The molecule has 3 N–H and O–H groups in total. The maximum absolute atomic E-state index is 12.2. The number of hydrogen-bond donors (Lipinski definition) is 3. The lowest BCUT2D eigenvalue weighted by Crippen LogP contribution is -2.33. The Morgan fingerprint density at radius 2 is 2.26 bits per heavy atom. The smallest absolute Gasteiger partial charge is 0.230 e. The zero-order chi connectivity index (χ0) is 19.6. The molecule has 142 valence electrons. The minimum Gasteiger partial charge on any atom is -0.353 e. The normalized spacial score (nSPS) is 12.3. The van der Waals surface area contributed by atoms with Crippen LogP contribution >= 0.6 is 23.4 Å². The van der Waals surface area contributed by atoms with Crippen LogP contribution in [0.1, 0.15) is 26.0 Å². The van der Waals surface area contributed by atoms with Crippen molar-refractivity contribution in [3.8, 4) is 5.69 Å². The summed E-state index contributed by atoms with van der Waals surface area (Å²) in [6, 6.07) is 7.34. The van der Waals surface area contributed by atoms with Gasteiger partial charge in [-0.25, -0.2) is 4.98 Å². The Hall–Kier alpha value is -2.32. The Labute approximate surface area is 166 Å². The van der Waals surface area contributed by atoms with Gasteiger partial charge in [0.15, 0.2) is 10.8 Å². The average Bonchev–Trinajstić information content (AvgIpc) is 3.01. The van der Waals surface area contributed by atoms with Crippen LogP contribution in [-0.2, 0) is 4.79 Å². The molecule has 27 heavy (non-hydrogen) atoms. The van der Waals surface area contributed by atoms with E-state index in [1.807, 2.05) is 32.9 Å². The van der Waals surface area contributed by atoms with Crippen molar-refractivity contribution in [1.29, 1.82) is 5.41 Å². The van der Waals surface area contributed by atoms with Crippen LogP contribution in [0.4, 0.5) is 0 Å². The first-order chi connectivity index (χ1) is 12.9. The Morgan fingerprint density at radius 3 is 2.96 bits per heavy atom. The second-order valence-electron chi connectivity index (χ2n) is 6.27. The molecule has 1 atom stereocenters. The summed E-state index contributed by atoms with van der Waals surface area (Å²) in [6.45, 7) is 5.84. The molecule has 0 unspecified atom stereocenters. The molecule has 0 bridgehead atoms. The average molecular weight is 405 g/mol. The van der Waals surface area contributed by atoms with Crippen molar-refractivity contribution in [2.24, 2.45) is 0 Å². The predicted octanol–water partition coefficient (Wildman–Crippen LogP) is 3.20. The monoisotopic (exact) mass is 404 g/mol. The molecular weight excluding hydrogens is 384 g/mol. The van der Waals surface area contributed by atoms with Crippen LogP contribution in [-0.4, -0.2) is 37.5 Å². The van der Waals surface area contributed by atoms with Crippen molar-refractivity contribution in [2.45, 2.75) is 38.4 Å². The molecule has 7 nitrogen and oxygen atoms in total. The molecule has 3 rings (SSSR count). The molecule has 0 radical (unpaired) electrons. The molecule has 0 fully saturated rings. The second kappa shape index (κ2) is 8.14. The minimum absolute atomic E-state index is 0.0707. The van der Waals surface area contributed by atoms with Gasteiger partial charge in [-0.3, -0.25) is 19.9 Å². The summed E-state index contributed by atoms with van der Waals surface area (Å²) in [4.78, 5) is 16.8. The van der Waals surface area contributed by atoms with Crippen molar-refractivity contribution in [3.05, 3.63) is 40.5 Å². The lowest BCUT2D eigenvalue weighted by atomic mass is 10.3. The lowest BCUT2D eigenvalue weighted by Gasteiger charge is -2.14. The summed E-state index contributed by atoms with van der Waals surface area (Å²) in [7, 11) is 0. The van der Waals surface area contributed by atoms with Crippen molar-refractivity contribution >= 4 is 40.3 Å². The molecule has 0 saturated carbocycles. The maximum Gasteiger partial charge on any atom is 0.230 e. The number of benzene rings is 1. The predicted molar refractivity (Wildman–Crippen MR) is 107 cm³/mol. The van der Waals surface area contributed by atoms with Crippen LogP contribution in [0.2, 0.25) is 5.02 Å². The van der Waals surface area contributed by atoms with Crippen molar-refractivity contribution in [3.63, 3.8) is 0 Å². The highest BCUT2D eigenvalue weighted by molar-refractivity contribution is 7.99. The second-order valence-corrected chi connectivity index (χ2v) is 7.65. The van der Waals surface area contributed by atoms with Gasteiger partial charge in [-0.1, -0.05) is 36.4 Å². The van der Waals surface area contributed by atoms with Crippen molar-refractivity contribution < 1.29 is 4.79 Å². The Morgan fingerprint density at radius 1 is 1.48 bits per heavy atom. The number of halogens is 1. The first-order valence-electron chi connectivity index (χ1n) is 8.61. The van der Waals surface area contributed by atoms with E-state index in [0.717, 1.165) is 12.1 Å². The standard InChI is InChI=1S/C18H21ClN6OS/c1-4-10(2)21-14(26)9-27-18-22-17-15(11(3)23-24-17)16(20)25(18)13-7-5-6-12(19)8-13/h5-8,10,20H,4,9H2,1-3H3,(H,21,26)(H,23,24)/t10-/m1/s1. The first-order valence-corrected chi connectivity index (χ1v) is 9.97. The molecule has 0 aliphatic rings. The highest BCUT2D eigenvalue weighted by Gasteiger charge is 2.16. The van der Waals surface area contributed by atoms with E-state index in [9.17, 15) is 4.79 Å². The number of nitrogens with zero attached hydrogens (tertiary/aromatic N) is 3. The van der Waals surface area contributed by atoms with E-state index < -0.39 is 0 Å². The van der Waals surface area contributed by atoms with E-state index in [2.05, 4.69) is 20.5 Å². The number of amides is 1. The molecule has 0 aliphatic carbocycles. The highest BCUT2D eigenvalue weighted by Crippen LogP contribution is 2.23. The molecule has 1 amide bonds. The van der Waals surface area contributed by atoms with Gasteiger partial charge in [0.1, 0.15) is 5.49 Å². The van der Waals surface area contributed by atoms with Gasteiger partial charge in [-0.05, 0) is 38.5 Å². The van der Waals surface area contributed by atoms with Crippen LogP contribution in [0, 0.1) is 12.3 Å². The number of aromatic nitrogens is 4. The van der Waals surface area contributed by atoms with Gasteiger partial charge in [0, 0.05) is 16.8 Å². The lowest BCUT2D eigenvalue weighted by molar-refractivity contribution is -0.119. The number of carbonyl (C=O) groups excluding carboxylic acids is 1. The number of aryl methyl sites for hydroxylation is 1. The number of hydrogen-bond acceptors (Lipinski definition) is 5. The van der Waals surface area contributed by atoms with Crippen molar-refractivity contribution in [2.75, 3.05) is 5.75 Å². The van der Waals surface area contributed by atoms with Gasteiger partial charge < -0.3 is 5.32 Å². The summed E-state index contributed by atoms with van der Waals surface area (Å²) >= 11 is 7.41. The molecule has 2 aromatic heterocycles. The van der Waals surface area contributed by atoms with Crippen LogP contribution in [0.15, 0.2) is 29.4 Å². The fourth-order valence-electron chi connectivity index (χ4n) is 2.63. The SMILES string of the molecule is CC[C@@H](C)NC(=O)CSc1nc2n[nH]c(C)c2c(=N)n1-c1cccc(Cl)c1. The van der Waals surface area contributed by atoms with Gasteiger partial charge in [0.05, 0.1) is 16.8 Å². The van der Waals surface area contributed by atoms with E-state index in [4.69, 9.17) is 17.0 Å². The van der Waals surface area contributed by atoms with Crippen LogP contribution in [0.3, 0.4) is 0 Å².